The van der Waals surface area contributed by atoms with Crippen molar-refractivity contribution in [1.29, 1.82) is 0 Å². The summed E-state index contributed by atoms with van der Waals surface area (Å²) in [5.41, 5.74) is 3.92. The lowest BCUT2D eigenvalue weighted by Gasteiger charge is -2.17. The molecule has 0 saturated heterocycles. The standard InChI is InChI=1S/C37H34O7/c1-4-41-37(38)29-16-18-32(44-30-17-20-33(39-2)36(23-30)43-25-27-13-9-6-10-14-27)31(21-29)28-15-19-34(35(22-28)40-3)42-24-26-11-7-5-8-12-26/h5-23H,4,24-25H2,1-3H3. The molecule has 0 fully saturated rings. The Hall–Kier alpha value is -5.43. The summed E-state index contributed by atoms with van der Waals surface area (Å²) in [6.07, 6.45) is 0. The first kappa shape index (κ1) is 30.0. The van der Waals surface area contributed by atoms with Gasteiger partial charge in [-0.05, 0) is 66.1 Å². The molecule has 224 valence electrons. The first-order valence-electron chi connectivity index (χ1n) is 14.3. The summed E-state index contributed by atoms with van der Waals surface area (Å²) in [5, 5.41) is 0. The average Bonchev–Trinajstić information content (AvgIpc) is 3.07. The summed E-state index contributed by atoms with van der Waals surface area (Å²) in [5.74, 6) is 2.91. The molecule has 0 aliphatic carbocycles. The lowest BCUT2D eigenvalue weighted by Crippen LogP contribution is -2.05. The first-order chi connectivity index (χ1) is 21.6. The van der Waals surface area contributed by atoms with E-state index < -0.39 is 5.97 Å². The summed E-state index contributed by atoms with van der Waals surface area (Å²) < 4.78 is 35.0. The smallest absolute Gasteiger partial charge is 0.338 e. The van der Waals surface area contributed by atoms with Crippen LogP contribution in [-0.4, -0.2) is 26.8 Å². The molecule has 0 aliphatic rings. The second kappa shape index (κ2) is 14.6. The van der Waals surface area contributed by atoms with Crippen molar-refractivity contribution in [3.05, 3.63) is 132 Å². The minimum atomic E-state index is -0.420. The van der Waals surface area contributed by atoms with E-state index in [1.165, 1.54) is 0 Å². The minimum absolute atomic E-state index is 0.269. The van der Waals surface area contributed by atoms with Crippen LogP contribution in [0.25, 0.3) is 11.1 Å². The highest BCUT2D eigenvalue weighted by atomic mass is 16.5. The third-order valence-corrected chi connectivity index (χ3v) is 6.80. The minimum Gasteiger partial charge on any atom is -0.493 e. The first-order valence-corrected chi connectivity index (χ1v) is 14.3. The number of methoxy groups -OCH3 is 2. The second-order valence-electron chi connectivity index (χ2n) is 9.76. The van der Waals surface area contributed by atoms with Gasteiger partial charge in [-0.15, -0.1) is 0 Å². The number of carbonyl (C=O) groups excluding carboxylic acids is 1. The normalized spacial score (nSPS) is 10.5. The molecule has 7 nitrogen and oxygen atoms in total. The maximum Gasteiger partial charge on any atom is 0.338 e. The van der Waals surface area contributed by atoms with Crippen molar-refractivity contribution < 1.29 is 33.2 Å². The quantitative estimate of drug-likeness (QED) is 0.127. The predicted molar refractivity (Wildman–Crippen MR) is 169 cm³/mol. The fraction of sp³-hybridized carbons (Fsp3) is 0.162. The van der Waals surface area contributed by atoms with Gasteiger partial charge in [0.05, 0.1) is 26.4 Å². The number of benzene rings is 5. The van der Waals surface area contributed by atoms with Crippen molar-refractivity contribution >= 4 is 5.97 Å². The SMILES string of the molecule is CCOC(=O)c1ccc(Oc2ccc(OC)c(OCc3ccccc3)c2)c(-c2ccc(OCc3ccccc3)c(OC)c2)c1. The second-order valence-corrected chi connectivity index (χ2v) is 9.76. The molecule has 0 radical (unpaired) electrons. The van der Waals surface area contributed by atoms with Gasteiger partial charge in [-0.2, -0.15) is 0 Å². The van der Waals surface area contributed by atoms with E-state index in [-0.39, 0.29) is 6.61 Å². The van der Waals surface area contributed by atoms with Gasteiger partial charge in [0.1, 0.15) is 24.7 Å². The molecule has 0 atom stereocenters. The van der Waals surface area contributed by atoms with Crippen LogP contribution in [0.1, 0.15) is 28.4 Å². The summed E-state index contributed by atoms with van der Waals surface area (Å²) in [6, 6.07) is 36.0. The molecule has 5 aromatic rings. The zero-order valence-corrected chi connectivity index (χ0v) is 24.9. The number of hydrogen-bond donors (Lipinski definition) is 0. The van der Waals surface area contributed by atoms with E-state index in [4.69, 9.17) is 28.4 Å². The Morgan fingerprint density at radius 3 is 1.84 bits per heavy atom. The van der Waals surface area contributed by atoms with Crippen molar-refractivity contribution in [3.63, 3.8) is 0 Å². The highest BCUT2D eigenvalue weighted by Gasteiger charge is 2.17. The van der Waals surface area contributed by atoms with Crippen LogP contribution in [0.5, 0.6) is 34.5 Å². The van der Waals surface area contributed by atoms with Crippen LogP contribution in [0.3, 0.4) is 0 Å². The van der Waals surface area contributed by atoms with Gasteiger partial charge in [0.15, 0.2) is 23.0 Å². The largest absolute Gasteiger partial charge is 0.493 e. The van der Waals surface area contributed by atoms with Crippen molar-refractivity contribution in [2.45, 2.75) is 20.1 Å². The molecular formula is C37H34O7. The Morgan fingerprint density at radius 2 is 1.20 bits per heavy atom. The number of hydrogen-bond acceptors (Lipinski definition) is 7. The topological polar surface area (TPSA) is 72.5 Å². The van der Waals surface area contributed by atoms with Gasteiger partial charge in [0.2, 0.25) is 0 Å². The van der Waals surface area contributed by atoms with Gasteiger partial charge in [-0.25, -0.2) is 4.79 Å². The molecule has 0 N–H and O–H groups in total. The third-order valence-electron chi connectivity index (χ3n) is 6.80. The fourth-order valence-electron chi connectivity index (χ4n) is 4.57. The Labute approximate surface area is 257 Å². The van der Waals surface area contributed by atoms with Crippen LogP contribution in [0, 0.1) is 0 Å². The molecule has 0 spiro atoms. The Kier molecular flexibility index (Phi) is 10.0. The van der Waals surface area contributed by atoms with Crippen molar-refractivity contribution in [2.24, 2.45) is 0 Å². The predicted octanol–water partition coefficient (Wildman–Crippen LogP) is 8.50. The van der Waals surface area contributed by atoms with E-state index in [1.807, 2.05) is 78.9 Å². The van der Waals surface area contributed by atoms with E-state index in [2.05, 4.69) is 0 Å². The van der Waals surface area contributed by atoms with Gasteiger partial charge in [-0.1, -0.05) is 66.7 Å². The van der Waals surface area contributed by atoms with E-state index >= 15 is 0 Å². The summed E-state index contributed by atoms with van der Waals surface area (Å²) in [7, 11) is 3.19. The van der Waals surface area contributed by atoms with E-state index in [0.717, 1.165) is 16.7 Å². The van der Waals surface area contributed by atoms with E-state index in [9.17, 15) is 4.79 Å². The number of ether oxygens (including phenoxy) is 6. The van der Waals surface area contributed by atoms with Crippen LogP contribution in [0.2, 0.25) is 0 Å². The summed E-state index contributed by atoms with van der Waals surface area (Å²) >= 11 is 0. The van der Waals surface area contributed by atoms with Crippen LogP contribution < -0.4 is 23.7 Å². The lowest BCUT2D eigenvalue weighted by molar-refractivity contribution is 0.0526. The Morgan fingerprint density at radius 1 is 0.591 bits per heavy atom. The van der Waals surface area contributed by atoms with Crippen molar-refractivity contribution in [1.82, 2.24) is 0 Å². The van der Waals surface area contributed by atoms with Crippen molar-refractivity contribution in [3.8, 4) is 45.6 Å². The lowest BCUT2D eigenvalue weighted by atomic mass is 10.0. The van der Waals surface area contributed by atoms with Gasteiger partial charge in [-0.3, -0.25) is 0 Å². The molecule has 7 heteroatoms. The molecule has 0 amide bonds. The molecule has 0 aliphatic heterocycles. The Balaban J connectivity index is 1.46. The van der Waals surface area contributed by atoms with Crippen LogP contribution in [0.4, 0.5) is 0 Å². The van der Waals surface area contributed by atoms with Crippen molar-refractivity contribution in [2.75, 3.05) is 20.8 Å². The number of rotatable bonds is 13. The third kappa shape index (κ3) is 7.50. The van der Waals surface area contributed by atoms with Crippen LogP contribution >= 0.6 is 0 Å². The maximum absolute atomic E-state index is 12.7. The molecule has 5 aromatic carbocycles. The molecule has 44 heavy (non-hydrogen) atoms. The van der Waals surface area contributed by atoms with Gasteiger partial charge in [0.25, 0.3) is 0 Å². The van der Waals surface area contributed by atoms with E-state index in [1.54, 1.807) is 57.5 Å². The highest BCUT2D eigenvalue weighted by Crippen LogP contribution is 2.40. The zero-order valence-electron chi connectivity index (χ0n) is 24.9. The van der Waals surface area contributed by atoms with Gasteiger partial charge < -0.3 is 28.4 Å². The maximum atomic E-state index is 12.7. The monoisotopic (exact) mass is 590 g/mol. The fourth-order valence-corrected chi connectivity index (χ4v) is 4.57. The summed E-state index contributed by atoms with van der Waals surface area (Å²) in [4.78, 5) is 12.7. The Bertz CT molecular complexity index is 1680. The molecule has 0 bridgehead atoms. The zero-order chi connectivity index (χ0) is 30.7. The van der Waals surface area contributed by atoms with Gasteiger partial charge in [0, 0.05) is 11.6 Å². The van der Waals surface area contributed by atoms with E-state index in [0.29, 0.717) is 58.8 Å². The molecule has 0 unspecified atom stereocenters. The van der Waals surface area contributed by atoms with Gasteiger partial charge >= 0.3 is 5.97 Å². The number of carbonyl (C=O) groups is 1. The average molecular weight is 591 g/mol. The summed E-state index contributed by atoms with van der Waals surface area (Å²) in [6.45, 7) is 2.82. The van der Waals surface area contributed by atoms with Crippen LogP contribution in [0.15, 0.2) is 115 Å². The van der Waals surface area contributed by atoms with Crippen LogP contribution in [-0.2, 0) is 18.0 Å². The molecular weight excluding hydrogens is 556 g/mol. The molecule has 0 heterocycles. The molecule has 5 rings (SSSR count). The highest BCUT2D eigenvalue weighted by molar-refractivity contribution is 5.92. The molecule has 0 aromatic heterocycles. The number of esters is 1. The molecule has 0 saturated carbocycles.